The zero-order valence-corrected chi connectivity index (χ0v) is 16.0. The lowest BCUT2D eigenvalue weighted by molar-refractivity contribution is 0.0728. The fraction of sp³-hybridized carbons (Fsp3) is 0.409. The Morgan fingerprint density at radius 2 is 2.00 bits per heavy atom. The maximum atomic E-state index is 13.3. The zero-order chi connectivity index (χ0) is 19.3. The van der Waals surface area contributed by atoms with Crippen LogP contribution in [0.2, 0.25) is 0 Å². The number of aromatic amines is 2. The molecule has 144 valence electrons. The van der Waals surface area contributed by atoms with E-state index in [9.17, 15) is 9.59 Å². The smallest absolute Gasteiger partial charge is 0.261 e. The monoisotopic (exact) mass is 376 g/mol. The van der Waals surface area contributed by atoms with Gasteiger partial charge in [0.05, 0.1) is 17.1 Å². The van der Waals surface area contributed by atoms with E-state index in [4.69, 9.17) is 4.98 Å². The van der Waals surface area contributed by atoms with Gasteiger partial charge in [0.15, 0.2) is 0 Å². The molecule has 3 heterocycles. The molecule has 0 bridgehead atoms. The first-order chi connectivity index (χ1) is 13.6. The summed E-state index contributed by atoms with van der Waals surface area (Å²) in [4.78, 5) is 38.7. The summed E-state index contributed by atoms with van der Waals surface area (Å²) in [7, 11) is 0. The molecule has 1 unspecified atom stereocenters. The molecule has 0 spiro atoms. The summed E-state index contributed by atoms with van der Waals surface area (Å²) in [5, 5.41) is 0. The maximum Gasteiger partial charge on any atom is 0.261 e. The number of H-pyrrole nitrogens is 2. The summed E-state index contributed by atoms with van der Waals surface area (Å²) in [6.07, 6.45) is 5.79. The van der Waals surface area contributed by atoms with Gasteiger partial charge in [0, 0.05) is 12.2 Å². The highest BCUT2D eigenvalue weighted by atomic mass is 16.2. The van der Waals surface area contributed by atoms with E-state index in [0.717, 1.165) is 66.6 Å². The third-order valence-corrected chi connectivity index (χ3v) is 6.05. The van der Waals surface area contributed by atoms with Gasteiger partial charge in [0.25, 0.3) is 11.5 Å². The summed E-state index contributed by atoms with van der Waals surface area (Å²) in [5.74, 6) is 0.620. The van der Waals surface area contributed by atoms with Crippen LogP contribution in [0.1, 0.15) is 64.7 Å². The van der Waals surface area contributed by atoms with Gasteiger partial charge < -0.3 is 14.9 Å². The van der Waals surface area contributed by atoms with E-state index in [2.05, 4.69) is 16.0 Å². The van der Waals surface area contributed by atoms with Crippen molar-refractivity contribution in [3.05, 3.63) is 62.8 Å². The van der Waals surface area contributed by atoms with Crippen LogP contribution in [-0.4, -0.2) is 32.3 Å². The van der Waals surface area contributed by atoms with Gasteiger partial charge in [-0.25, -0.2) is 4.98 Å². The SMILES string of the molecule is Cc1ccc2nc(C3CCCN3C(=O)c3cc4c([nH]c3=O)CCCC4)[nH]c2c1. The Hall–Kier alpha value is -2.89. The second kappa shape index (κ2) is 6.62. The minimum atomic E-state index is -0.267. The number of fused-ring (bicyclic) bond motifs is 2. The van der Waals surface area contributed by atoms with E-state index in [1.165, 1.54) is 5.56 Å². The molecule has 1 amide bonds. The molecule has 28 heavy (non-hydrogen) atoms. The van der Waals surface area contributed by atoms with Gasteiger partial charge in [-0.2, -0.15) is 0 Å². The van der Waals surface area contributed by atoms with Crippen molar-refractivity contribution in [1.29, 1.82) is 0 Å². The van der Waals surface area contributed by atoms with E-state index in [0.29, 0.717) is 6.54 Å². The fourth-order valence-corrected chi connectivity index (χ4v) is 4.58. The Labute approximate surface area is 163 Å². The van der Waals surface area contributed by atoms with Gasteiger partial charge in [-0.3, -0.25) is 9.59 Å². The van der Waals surface area contributed by atoms with Crippen LogP contribution in [0, 0.1) is 6.92 Å². The van der Waals surface area contributed by atoms with E-state index >= 15 is 0 Å². The van der Waals surface area contributed by atoms with Gasteiger partial charge in [0.1, 0.15) is 11.4 Å². The Morgan fingerprint density at radius 3 is 2.89 bits per heavy atom. The molecule has 0 radical (unpaired) electrons. The number of aryl methyl sites for hydroxylation is 3. The number of benzene rings is 1. The minimum Gasteiger partial charge on any atom is -0.340 e. The first-order valence-corrected chi connectivity index (χ1v) is 10.1. The lowest BCUT2D eigenvalue weighted by Gasteiger charge is -2.24. The number of amides is 1. The first-order valence-electron chi connectivity index (χ1n) is 10.1. The van der Waals surface area contributed by atoms with E-state index in [1.807, 2.05) is 30.0 Å². The van der Waals surface area contributed by atoms with Crippen LogP contribution in [0.15, 0.2) is 29.1 Å². The minimum absolute atomic E-state index is 0.115. The van der Waals surface area contributed by atoms with Gasteiger partial charge in [-0.1, -0.05) is 6.07 Å². The first kappa shape index (κ1) is 17.2. The van der Waals surface area contributed by atoms with Crippen molar-refractivity contribution in [3.8, 4) is 0 Å². The van der Waals surface area contributed by atoms with E-state index in [-0.39, 0.29) is 23.1 Å². The number of likely N-dealkylation sites (tertiary alicyclic amines) is 1. The molecule has 2 aromatic heterocycles. The molecular weight excluding hydrogens is 352 g/mol. The van der Waals surface area contributed by atoms with Crippen LogP contribution in [0.5, 0.6) is 0 Å². The largest absolute Gasteiger partial charge is 0.340 e. The molecular formula is C22H24N4O2. The highest BCUT2D eigenvalue weighted by Gasteiger charge is 2.34. The molecule has 2 aliphatic rings. The Kier molecular flexibility index (Phi) is 4.07. The van der Waals surface area contributed by atoms with Crippen molar-refractivity contribution in [3.63, 3.8) is 0 Å². The quantitative estimate of drug-likeness (QED) is 0.719. The van der Waals surface area contributed by atoms with Crippen molar-refractivity contribution in [2.75, 3.05) is 6.54 Å². The normalized spacial score (nSPS) is 19.2. The molecule has 2 N–H and O–H groups in total. The van der Waals surface area contributed by atoms with Crippen molar-refractivity contribution in [2.45, 2.75) is 51.5 Å². The van der Waals surface area contributed by atoms with Gasteiger partial charge >= 0.3 is 0 Å². The van der Waals surface area contributed by atoms with Crippen LogP contribution in [0.4, 0.5) is 0 Å². The topological polar surface area (TPSA) is 81.8 Å². The van der Waals surface area contributed by atoms with Crippen molar-refractivity contribution < 1.29 is 4.79 Å². The molecule has 1 aliphatic heterocycles. The lowest BCUT2D eigenvalue weighted by atomic mass is 9.95. The highest BCUT2D eigenvalue weighted by molar-refractivity contribution is 5.94. The standard InChI is InChI=1S/C22H24N4O2/c1-13-8-9-17-18(11-13)24-20(23-17)19-7-4-10-26(19)22(28)15-12-14-5-2-3-6-16(14)25-21(15)27/h8-9,11-12,19H,2-7,10H2,1H3,(H,23,24)(H,25,27). The fourth-order valence-electron chi connectivity index (χ4n) is 4.58. The molecule has 1 aliphatic carbocycles. The number of pyridine rings is 1. The molecule has 6 heteroatoms. The van der Waals surface area contributed by atoms with Crippen molar-refractivity contribution in [1.82, 2.24) is 19.9 Å². The molecule has 0 saturated carbocycles. The van der Waals surface area contributed by atoms with Crippen molar-refractivity contribution in [2.24, 2.45) is 0 Å². The summed E-state index contributed by atoms with van der Waals surface area (Å²) in [6, 6.07) is 7.82. The summed E-state index contributed by atoms with van der Waals surface area (Å²) < 4.78 is 0. The molecule has 6 nitrogen and oxygen atoms in total. The van der Waals surface area contributed by atoms with Gasteiger partial charge in [-0.15, -0.1) is 0 Å². The average Bonchev–Trinajstić information content (AvgIpc) is 3.33. The number of carbonyl (C=O) groups is 1. The van der Waals surface area contributed by atoms with Crippen LogP contribution < -0.4 is 5.56 Å². The number of nitrogens with zero attached hydrogens (tertiary/aromatic N) is 2. The number of hydrogen-bond acceptors (Lipinski definition) is 3. The third-order valence-electron chi connectivity index (χ3n) is 6.05. The summed E-state index contributed by atoms with van der Waals surface area (Å²) in [6.45, 7) is 2.70. The number of imidazole rings is 1. The average molecular weight is 376 g/mol. The summed E-state index contributed by atoms with van der Waals surface area (Å²) >= 11 is 0. The third kappa shape index (κ3) is 2.84. The number of carbonyl (C=O) groups excluding carboxylic acids is 1. The van der Waals surface area contributed by atoms with Crippen LogP contribution in [0.25, 0.3) is 11.0 Å². The molecule has 1 atom stereocenters. The lowest BCUT2D eigenvalue weighted by Crippen LogP contribution is -2.35. The molecule has 1 saturated heterocycles. The maximum absolute atomic E-state index is 13.3. The number of rotatable bonds is 2. The van der Waals surface area contributed by atoms with Gasteiger partial charge in [0.2, 0.25) is 0 Å². The van der Waals surface area contributed by atoms with Crippen LogP contribution in [-0.2, 0) is 12.8 Å². The molecule has 1 fully saturated rings. The molecule has 1 aromatic carbocycles. The number of hydrogen-bond donors (Lipinski definition) is 2. The van der Waals surface area contributed by atoms with Crippen molar-refractivity contribution >= 4 is 16.9 Å². The molecule has 3 aromatic rings. The summed E-state index contributed by atoms with van der Waals surface area (Å²) in [5.41, 5.74) is 5.17. The predicted molar refractivity (Wildman–Crippen MR) is 108 cm³/mol. The van der Waals surface area contributed by atoms with E-state index in [1.54, 1.807) is 0 Å². The number of nitrogens with one attached hydrogen (secondary N) is 2. The van der Waals surface area contributed by atoms with Gasteiger partial charge in [-0.05, 0) is 74.8 Å². The van der Waals surface area contributed by atoms with Crippen LogP contribution in [0.3, 0.4) is 0 Å². The van der Waals surface area contributed by atoms with Crippen LogP contribution >= 0.6 is 0 Å². The second-order valence-electron chi connectivity index (χ2n) is 8.02. The Bertz CT molecular complexity index is 1130. The second-order valence-corrected chi connectivity index (χ2v) is 8.02. The highest BCUT2D eigenvalue weighted by Crippen LogP contribution is 2.32. The zero-order valence-electron chi connectivity index (χ0n) is 16.0. The van der Waals surface area contributed by atoms with E-state index < -0.39 is 0 Å². The molecule has 5 rings (SSSR count). The Morgan fingerprint density at radius 1 is 1.14 bits per heavy atom. The Balaban J connectivity index is 1.49. The number of aromatic nitrogens is 3. The predicted octanol–water partition coefficient (Wildman–Crippen LogP) is 3.42.